The summed E-state index contributed by atoms with van der Waals surface area (Å²) in [7, 11) is 5.95. The van der Waals surface area contributed by atoms with Crippen molar-refractivity contribution in [3.8, 4) is 0 Å². The number of methoxy groups -OCH3 is 2. The minimum atomic E-state index is -1.31. The lowest BCUT2D eigenvalue weighted by molar-refractivity contribution is -0.246. The number of hydrogen-bond donors (Lipinski definition) is 1. The van der Waals surface area contributed by atoms with E-state index in [-0.39, 0.29) is 11.0 Å². The van der Waals surface area contributed by atoms with Crippen molar-refractivity contribution >= 4 is 34.2 Å². The number of hydrogen-bond acceptors (Lipinski definition) is 5. The summed E-state index contributed by atoms with van der Waals surface area (Å²) in [5, 5.41) is -0.139. The maximum atomic E-state index is 12.4. The molecule has 7 heteroatoms. The smallest absolute Gasteiger partial charge is 0.353 e. The van der Waals surface area contributed by atoms with Crippen molar-refractivity contribution in [1.29, 1.82) is 0 Å². The molecule has 0 saturated heterocycles. The van der Waals surface area contributed by atoms with Crippen molar-refractivity contribution in [1.82, 2.24) is 0 Å². The van der Waals surface area contributed by atoms with Crippen LogP contribution in [0, 0.1) is 5.92 Å². The van der Waals surface area contributed by atoms with Gasteiger partial charge in [-0.2, -0.15) is 0 Å². The molecule has 0 aromatic heterocycles. The van der Waals surface area contributed by atoms with E-state index in [1.54, 1.807) is 0 Å². The van der Waals surface area contributed by atoms with Gasteiger partial charge in [-0.25, -0.2) is 4.79 Å². The molecule has 0 bridgehead atoms. The second kappa shape index (κ2) is 26.7. The molecule has 35 heavy (non-hydrogen) atoms. The molecule has 207 valence electrons. The summed E-state index contributed by atoms with van der Waals surface area (Å²) in [5.74, 6) is -1.80. The lowest BCUT2D eigenvalue weighted by Gasteiger charge is -2.36. The molecule has 0 rings (SSSR count). The average molecular weight is 532 g/mol. The van der Waals surface area contributed by atoms with E-state index in [9.17, 15) is 9.59 Å². The predicted octanol–water partition coefficient (Wildman–Crippen LogP) is 8.13. The molecular formula is C28H55O5SSi. The van der Waals surface area contributed by atoms with Gasteiger partial charge in [0.1, 0.15) is 0 Å². The van der Waals surface area contributed by atoms with Gasteiger partial charge < -0.3 is 13.9 Å². The minimum absolute atomic E-state index is 0.0101. The van der Waals surface area contributed by atoms with Crippen molar-refractivity contribution in [2.45, 2.75) is 149 Å². The molecule has 0 aliphatic heterocycles. The molecule has 0 heterocycles. The molecule has 0 amide bonds. The summed E-state index contributed by atoms with van der Waals surface area (Å²) in [6.07, 6.45) is 23.9. The first-order valence-electron chi connectivity index (χ1n) is 14.0. The van der Waals surface area contributed by atoms with Gasteiger partial charge in [0.2, 0.25) is 0 Å². The highest BCUT2D eigenvalue weighted by Crippen LogP contribution is 2.33. The Bertz CT molecular complexity index is 482. The van der Waals surface area contributed by atoms with Crippen molar-refractivity contribution in [3.05, 3.63) is 0 Å². The van der Waals surface area contributed by atoms with Crippen LogP contribution in [0.1, 0.15) is 143 Å². The van der Waals surface area contributed by atoms with Crippen molar-refractivity contribution in [2.24, 2.45) is 5.92 Å². The zero-order chi connectivity index (χ0) is 26.8. The lowest BCUT2D eigenvalue weighted by atomic mass is 9.86. The number of unbranched alkanes of at least 4 members (excludes halogenated alkanes) is 15. The van der Waals surface area contributed by atoms with Crippen LogP contribution in [0.3, 0.4) is 0 Å². The van der Waals surface area contributed by atoms with Gasteiger partial charge in [0.25, 0.3) is 5.79 Å². The molecule has 0 saturated carbocycles. The monoisotopic (exact) mass is 531 g/mol. The van der Waals surface area contributed by atoms with E-state index in [2.05, 4.69) is 37.0 Å². The first kappa shape index (κ1) is 36.8. The molecule has 0 fully saturated rings. The molecule has 5 nitrogen and oxygen atoms in total. The van der Waals surface area contributed by atoms with E-state index in [1.165, 1.54) is 117 Å². The first-order valence-corrected chi connectivity index (χ1v) is 14.9. The van der Waals surface area contributed by atoms with Crippen LogP contribution in [0.5, 0.6) is 0 Å². The van der Waals surface area contributed by atoms with Crippen LogP contribution in [0.15, 0.2) is 0 Å². The van der Waals surface area contributed by atoms with Gasteiger partial charge in [0, 0.05) is 27.1 Å². The lowest BCUT2D eigenvalue weighted by Crippen LogP contribution is -2.50. The van der Waals surface area contributed by atoms with Gasteiger partial charge >= 0.3 is 16.5 Å². The minimum Gasteiger partial charge on any atom is -0.512 e. The van der Waals surface area contributed by atoms with Crippen LogP contribution in [-0.4, -0.2) is 41.6 Å². The largest absolute Gasteiger partial charge is 0.512 e. The Balaban J connectivity index is 0. The first-order chi connectivity index (χ1) is 16.9. The van der Waals surface area contributed by atoms with Gasteiger partial charge in [-0.1, -0.05) is 123 Å². The van der Waals surface area contributed by atoms with E-state index in [0.717, 1.165) is 25.7 Å². The maximum Gasteiger partial charge on any atom is 0.353 e. The predicted molar refractivity (Wildman–Crippen MR) is 151 cm³/mol. The topological polar surface area (TPSA) is 61.8 Å². The molecule has 0 aromatic rings. The van der Waals surface area contributed by atoms with E-state index < -0.39 is 11.8 Å². The Hall–Kier alpha value is -0.373. The van der Waals surface area contributed by atoms with Crippen molar-refractivity contribution in [3.63, 3.8) is 0 Å². The zero-order valence-corrected chi connectivity index (χ0v) is 25.4. The van der Waals surface area contributed by atoms with Crippen LogP contribution in [0.25, 0.3) is 0 Å². The Morgan fingerprint density at radius 1 is 0.686 bits per heavy atom. The third kappa shape index (κ3) is 20.4. The molecular weight excluding hydrogens is 476 g/mol. The zero-order valence-electron chi connectivity index (χ0n) is 23.5. The highest BCUT2D eigenvalue weighted by Gasteiger charge is 2.47. The standard InChI is InChI=1S/C26H51O4Si.C2H4OS/c1-5-7-9-11-12-13-14-15-16-17-18-19-21-23-24(22-20-10-8-6-2)26(28-3,29-4)25(27)30-31;1-2(3)4/h24H,5-23H2,1-4H3;1H3,(H,3,4). The quantitative estimate of drug-likeness (QED) is 0.0624. The Morgan fingerprint density at radius 3 is 1.26 bits per heavy atom. The summed E-state index contributed by atoms with van der Waals surface area (Å²) in [4.78, 5) is 21.7. The van der Waals surface area contributed by atoms with Gasteiger partial charge in [-0.05, 0) is 12.8 Å². The second-order valence-electron chi connectivity index (χ2n) is 9.56. The number of carbonyl (C=O) groups excluding carboxylic acids is 2. The molecule has 0 spiro atoms. The van der Waals surface area contributed by atoms with Crippen LogP contribution in [0.4, 0.5) is 0 Å². The van der Waals surface area contributed by atoms with Crippen LogP contribution < -0.4 is 0 Å². The fourth-order valence-electron chi connectivity index (χ4n) is 4.57. The number of thiol groups is 1. The fourth-order valence-corrected chi connectivity index (χ4v) is 4.71. The molecule has 1 unspecified atom stereocenters. The van der Waals surface area contributed by atoms with Crippen molar-refractivity contribution < 1.29 is 23.5 Å². The van der Waals surface area contributed by atoms with Gasteiger partial charge in [-0.15, -0.1) is 12.6 Å². The third-order valence-electron chi connectivity index (χ3n) is 6.58. The van der Waals surface area contributed by atoms with E-state index in [1.807, 2.05) is 0 Å². The summed E-state index contributed by atoms with van der Waals surface area (Å²) in [6.45, 7) is 5.88. The van der Waals surface area contributed by atoms with Crippen LogP contribution in [-0.2, 0) is 23.5 Å². The highest BCUT2D eigenvalue weighted by molar-refractivity contribution is 7.96. The van der Waals surface area contributed by atoms with Gasteiger partial charge in [0.05, 0.1) is 0 Å². The van der Waals surface area contributed by atoms with Crippen LogP contribution in [0.2, 0.25) is 0 Å². The summed E-state index contributed by atoms with van der Waals surface area (Å²) >= 11 is 3.33. The molecule has 0 N–H and O–H groups in total. The third-order valence-corrected chi connectivity index (χ3v) is 6.77. The van der Waals surface area contributed by atoms with Gasteiger partial charge in [0.15, 0.2) is 5.12 Å². The molecule has 1 atom stereocenters. The molecule has 3 radical (unpaired) electrons. The van der Waals surface area contributed by atoms with E-state index >= 15 is 0 Å². The van der Waals surface area contributed by atoms with E-state index in [0.29, 0.717) is 0 Å². The highest BCUT2D eigenvalue weighted by atomic mass is 32.1. The van der Waals surface area contributed by atoms with E-state index in [4.69, 9.17) is 13.9 Å². The SMILES string of the molecule is CC(=O)S.CCCCCCCCCCCCCCCC(CCCCCC)C(OC)(OC)C(=O)O[Si]. The normalized spacial score (nSPS) is 12.1. The fraction of sp³-hybridized carbons (Fsp3) is 0.929. The number of carbonyl (C=O) groups is 2. The Kier molecular flexibility index (Phi) is 28.0. The molecule has 0 aromatic carbocycles. The summed E-state index contributed by atoms with van der Waals surface area (Å²) < 4.78 is 16.0. The average Bonchev–Trinajstić information content (AvgIpc) is 2.84. The second-order valence-corrected chi connectivity index (χ2v) is 10.4. The number of rotatable bonds is 23. The van der Waals surface area contributed by atoms with Crippen molar-refractivity contribution in [2.75, 3.05) is 14.2 Å². The van der Waals surface area contributed by atoms with Gasteiger partial charge in [-0.3, -0.25) is 4.79 Å². The maximum absolute atomic E-state index is 12.4. The van der Waals surface area contributed by atoms with Crippen LogP contribution >= 0.6 is 12.6 Å². The number of ether oxygens (including phenoxy) is 2. The molecule has 0 aliphatic rings. The summed E-state index contributed by atoms with van der Waals surface area (Å²) in [5.41, 5.74) is 0. The summed E-state index contributed by atoms with van der Waals surface area (Å²) in [6, 6.07) is 0. The Labute approximate surface area is 226 Å². The molecule has 0 aliphatic carbocycles. The Morgan fingerprint density at radius 2 is 0.971 bits per heavy atom.